The number of hydrogen-bond acceptors (Lipinski definition) is 6. The molecular weight excluding hydrogens is 316 g/mol. The standard InChI is InChI=1S/C15H26N4O3S/c1-5-6-7-8-12-18-19-13(23-12)17-11(20)9-10-16-14(21)22-15(2,3)4/h5-10H2,1-4H3,(H,16,21)(H,17,19,20). The lowest BCUT2D eigenvalue weighted by Crippen LogP contribution is -2.34. The van der Waals surface area contributed by atoms with E-state index >= 15 is 0 Å². The second-order valence-corrected chi connectivity index (χ2v) is 7.25. The summed E-state index contributed by atoms with van der Waals surface area (Å²) in [4.78, 5) is 23.2. The van der Waals surface area contributed by atoms with E-state index in [4.69, 9.17) is 4.74 Å². The normalized spacial score (nSPS) is 11.1. The third-order valence-electron chi connectivity index (χ3n) is 2.73. The number of carbonyl (C=O) groups excluding carboxylic acids is 2. The quantitative estimate of drug-likeness (QED) is 0.708. The molecule has 0 aliphatic heterocycles. The van der Waals surface area contributed by atoms with E-state index < -0.39 is 11.7 Å². The molecule has 0 spiro atoms. The number of nitrogens with zero attached hydrogens (tertiary/aromatic N) is 2. The fourth-order valence-electron chi connectivity index (χ4n) is 1.71. The van der Waals surface area contributed by atoms with Gasteiger partial charge in [0.2, 0.25) is 11.0 Å². The van der Waals surface area contributed by atoms with E-state index in [1.54, 1.807) is 20.8 Å². The smallest absolute Gasteiger partial charge is 0.407 e. The minimum Gasteiger partial charge on any atom is -0.444 e. The highest BCUT2D eigenvalue weighted by molar-refractivity contribution is 7.15. The van der Waals surface area contributed by atoms with Crippen molar-refractivity contribution in [2.75, 3.05) is 11.9 Å². The fourth-order valence-corrected chi connectivity index (χ4v) is 2.50. The first-order valence-corrected chi connectivity index (χ1v) is 8.71. The van der Waals surface area contributed by atoms with Gasteiger partial charge >= 0.3 is 6.09 Å². The molecule has 0 aliphatic carbocycles. The van der Waals surface area contributed by atoms with Crippen LogP contribution in [0.3, 0.4) is 0 Å². The highest BCUT2D eigenvalue weighted by atomic mass is 32.1. The zero-order valence-electron chi connectivity index (χ0n) is 14.3. The van der Waals surface area contributed by atoms with Crippen LogP contribution in [0.4, 0.5) is 9.93 Å². The van der Waals surface area contributed by atoms with E-state index in [9.17, 15) is 9.59 Å². The molecule has 0 atom stereocenters. The molecule has 1 aromatic heterocycles. The van der Waals surface area contributed by atoms with Crippen LogP contribution in [0.5, 0.6) is 0 Å². The molecule has 0 unspecified atom stereocenters. The minimum atomic E-state index is -0.549. The van der Waals surface area contributed by atoms with Crippen molar-refractivity contribution in [3.05, 3.63) is 5.01 Å². The lowest BCUT2D eigenvalue weighted by atomic mass is 10.2. The summed E-state index contributed by atoms with van der Waals surface area (Å²) in [5, 5.41) is 14.7. The summed E-state index contributed by atoms with van der Waals surface area (Å²) in [7, 11) is 0. The number of nitrogens with one attached hydrogen (secondary N) is 2. The fraction of sp³-hybridized carbons (Fsp3) is 0.733. The maximum absolute atomic E-state index is 11.8. The van der Waals surface area contributed by atoms with Gasteiger partial charge in [0.25, 0.3) is 0 Å². The van der Waals surface area contributed by atoms with Gasteiger partial charge in [-0.15, -0.1) is 10.2 Å². The van der Waals surface area contributed by atoms with E-state index in [0.29, 0.717) is 5.13 Å². The predicted molar refractivity (Wildman–Crippen MR) is 90.6 cm³/mol. The van der Waals surface area contributed by atoms with Crippen LogP contribution < -0.4 is 10.6 Å². The molecule has 0 aromatic carbocycles. The van der Waals surface area contributed by atoms with Crippen molar-refractivity contribution < 1.29 is 14.3 Å². The van der Waals surface area contributed by atoms with Crippen LogP contribution >= 0.6 is 11.3 Å². The van der Waals surface area contributed by atoms with Crippen LogP contribution in [0.25, 0.3) is 0 Å². The third-order valence-corrected chi connectivity index (χ3v) is 3.63. The molecule has 7 nitrogen and oxygen atoms in total. The Labute approximate surface area is 141 Å². The molecule has 1 rings (SSSR count). The Bertz CT molecular complexity index is 511. The van der Waals surface area contributed by atoms with Gasteiger partial charge in [-0.3, -0.25) is 4.79 Å². The van der Waals surface area contributed by atoms with Gasteiger partial charge in [-0.25, -0.2) is 4.79 Å². The second-order valence-electron chi connectivity index (χ2n) is 6.18. The van der Waals surface area contributed by atoms with Crippen molar-refractivity contribution in [2.45, 2.75) is 65.4 Å². The Hall–Kier alpha value is -1.70. The van der Waals surface area contributed by atoms with E-state index in [2.05, 4.69) is 27.8 Å². The number of rotatable bonds is 8. The predicted octanol–water partition coefficient (Wildman–Crippen LogP) is 3.12. The Morgan fingerprint density at radius 2 is 1.96 bits per heavy atom. The number of amides is 2. The number of anilines is 1. The number of aryl methyl sites for hydroxylation is 1. The maximum atomic E-state index is 11.8. The van der Waals surface area contributed by atoms with Crippen LogP contribution in [-0.4, -0.2) is 34.3 Å². The van der Waals surface area contributed by atoms with Crippen molar-refractivity contribution in [1.29, 1.82) is 0 Å². The zero-order valence-corrected chi connectivity index (χ0v) is 15.1. The highest BCUT2D eigenvalue weighted by Crippen LogP contribution is 2.17. The molecule has 2 amide bonds. The van der Waals surface area contributed by atoms with Crippen molar-refractivity contribution in [3.8, 4) is 0 Å². The minimum absolute atomic E-state index is 0.157. The summed E-state index contributed by atoms with van der Waals surface area (Å²) in [5.74, 6) is -0.211. The van der Waals surface area contributed by atoms with Gasteiger partial charge in [-0.05, 0) is 27.2 Å². The van der Waals surface area contributed by atoms with Crippen molar-refractivity contribution in [3.63, 3.8) is 0 Å². The molecule has 0 fully saturated rings. The van der Waals surface area contributed by atoms with E-state index in [-0.39, 0.29) is 18.9 Å². The van der Waals surface area contributed by atoms with Crippen LogP contribution in [0.1, 0.15) is 58.4 Å². The Balaban J connectivity index is 2.25. The molecule has 0 radical (unpaired) electrons. The largest absolute Gasteiger partial charge is 0.444 e. The van der Waals surface area contributed by atoms with E-state index in [0.717, 1.165) is 30.7 Å². The van der Waals surface area contributed by atoms with Crippen LogP contribution in [0.2, 0.25) is 0 Å². The number of unbranched alkanes of at least 4 members (excludes halogenated alkanes) is 2. The molecule has 23 heavy (non-hydrogen) atoms. The van der Waals surface area contributed by atoms with Crippen molar-refractivity contribution in [2.24, 2.45) is 0 Å². The summed E-state index contributed by atoms with van der Waals surface area (Å²) in [6, 6.07) is 0. The summed E-state index contributed by atoms with van der Waals surface area (Å²) in [6.45, 7) is 7.71. The summed E-state index contributed by atoms with van der Waals surface area (Å²) >= 11 is 1.39. The number of carbonyl (C=O) groups is 2. The van der Waals surface area contributed by atoms with E-state index in [1.165, 1.54) is 11.3 Å². The maximum Gasteiger partial charge on any atom is 0.407 e. The lowest BCUT2D eigenvalue weighted by Gasteiger charge is -2.19. The zero-order chi connectivity index (χ0) is 17.3. The number of aromatic nitrogens is 2. The number of alkyl carbamates (subject to hydrolysis) is 1. The SMILES string of the molecule is CCCCCc1nnc(NC(=O)CCNC(=O)OC(C)(C)C)s1. The Kier molecular flexibility index (Phi) is 7.94. The van der Waals surface area contributed by atoms with Gasteiger partial charge in [0.15, 0.2) is 0 Å². The summed E-state index contributed by atoms with van der Waals surface area (Å²) < 4.78 is 5.09. The van der Waals surface area contributed by atoms with Crippen molar-refractivity contribution >= 4 is 28.5 Å². The number of ether oxygens (including phenoxy) is 1. The molecule has 1 aromatic rings. The van der Waals surface area contributed by atoms with Crippen LogP contribution in [-0.2, 0) is 16.0 Å². The first-order chi connectivity index (χ1) is 10.8. The van der Waals surface area contributed by atoms with Gasteiger partial charge in [0, 0.05) is 19.4 Å². The summed E-state index contributed by atoms with van der Waals surface area (Å²) in [5.41, 5.74) is -0.549. The Morgan fingerprint density at radius 1 is 1.22 bits per heavy atom. The molecule has 0 saturated carbocycles. The lowest BCUT2D eigenvalue weighted by molar-refractivity contribution is -0.116. The molecule has 0 aliphatic rings. The third kappa shape index (κ3) is 9.12. The molecule has 0 saturated heterocycles. The van der Waals surface area contributed by atoms with Gasteiger partial charge in [-0.1, -0.05) is 31.1 Å². The highest BCUT2D eigenvalue weighted by Gasteiger charge is 2.16. The monoisotopic (exact) mass is 342 g/mol. The molecule has 130 valence electrons. The average molecular weight is 342 g/mol. The molecule has 1 heterocycles. The van der Waals surface area contributed by atoms with E-state index in [1.807, 2.05) is 0 Å². The van der Waals surface area contributed by atoms with Crippen LogP contribution in [0.15, 0.2) is 0 Å². The van der Waals surface area contributed by atoms with Crippen LogP contribution in [0, 0.1) is 0 Å². The van der Waals surface area contributed by atoms with Gasteiger partial charge in [0.05, 0.1) is 0 Å². The molecule has 2 N–H and O–H groups in total. The molecular formula is C15H26N4O3S. The van der Waals surface area contributed by atoms with Gasteiger partial charge < -0.3 is 15.4 Å². The average Bonchev–Trinajstić information content (AvgIpc) is 2.84. The molecule has 0 bridgehead atoms. The Morgan fingerprint density at radius 3 is 2.61 bits per heavy atom. The summed E-state index contributed by atoms with van der Waals surface area (Å²) in [6.07, 6.45) is 3.93. The first kappa shape index (κ1) is 19.3. The van der Waals surface area contributed by atoms with Gasteiger partial charge in [-0.2, -0.15) is 0 Å². The van der Waals surface area contributed by atoms with Gasteiger partial charge in [0.1, 0.15) is 10.6 Å². The topological polar surface area (TPSA) is 93.2 Å². The first-order valence-electron chi connectivity index (χ1n) is 7.89. The molecule has 8 heteroatoms. The number of hydrogen-bond donors (Lipinski definition) is 2. The van der Waals surface area contributed by atoms with Crippen molar-refractivity contribution in [1.82, 2.24) is 15.5 Å². The second kappa shape index (κ2) is 9.44.